The standard InChI is InChI=1S/C21H22N2S/c22-19-13-7-8-14-20(19)23-15-16-24-21(17-9-3-1-4-10-17)18-11-5-2-6-12-18/h1-14,21,23H,15-16,22H2. The summed E-state index contributed by atoms with van der Waals surface area (Å²) in [7, 11) is 0. The number of hydrogen-bond donors (Lipinski definition) is 2. The van der Waals surface area contributed by atoms with Crippen molar-refractivity contribution < 1.29 is 0 Å². The lowest BCUT2D eigenvalue weighted by atomic mass is 10.0. The number of benzene rings is 3. The topological polar surface area (TPSA) is 38.0 Å². The first-order valence-corrected chi connectivity index (χ1v) is 9.19. The third-order valence-corrected chi connectivity index (χ3v) is 5.18. The van der Waals surface area contributed by atoms with Crippen molar-refractivity contribution in [3.63, 3.8) is 0 Å². The molecule has 24 heavy (non-hydrogen) atoms. The summed E-state index contributed by atoms with van der Waals surface area (Å²) >= 11 is 1.95. The zero-order chi connectivity index (χ0) is 16.6. The monoisotopic (exact) mass is 334 g/mol. The molecular formula is C21H22N2S. The highest BCUT2D eigenvalue weighted by Crippen LogP contribution is 2.35. The van der Waals surface area contributed by atoms with Crippen molar-refractivity contribution in [3.8, 4) is 0 Å². The van der Waals surface area contributed by atoms with Crippen LogP contribution in [0.25, 0.3) is 0 Å². The second-order valence-corrected chi connectivity index (χ2v) is 6.80. The average molecular weight is 334 g/mol. The highest BCUT2D eigenvalue weighted by molar-refractivity contribution is 7.99. The van der Waals surface area contributed by atoms with Crippen LogP contribution in [0.1, 0.15) is 16.4 Å². The van der Waals surface area contributed by atoms with Gasteiger partial charge < -0.3 is 11.1 Å². The van der Waals surface area contributed by atoms with Gasteiger partial charge in [0.15, 0.2) is 0 Å². The van der Waals surface area contributed by atoms with Gasteiger partial charge in [0.25, 0.3) is 0 Å². The van der Waals surface area contributed by atoms with Crippen molar-refractivity contribution in [3.05, 3.63) is 96.1 Å². The molecule has 0 aliphatic rings. The van der Waals surface area contributed by atoms with Gasteiger partial charge in [-0.3, -0.25) is 0 Å². The molecule has 0 amide bonds. The highest BCUT2D eigenvalue weighted by atomic mass is 32.2. The van der Waals surface area contributed by atoms with Gasteiger partial charge in [-0.1, -0.05) is 72.8 Å². The summed E-state index contributed by atoms with van der Waals surface area (Å²) in [5.41, 5.74) is 10.5. The normalized spacial score (nSPS) is 10.7. The molecule has 0 heterocycles. The van der Waals surface area contributed by atoms with Gasteiger partial charge in [0.2, 0.25) is 0 Å². The Labute approximate surface area is 148 Å². The number of nitrogen functional groups attached to an aromatic ring is 1. The SMILES string of the molecule is Nc1ccccc1NCCSC(c1ccccc1)c1ccccc1. The lowest BCUT2D eigenvalue weighted by Crippen LogP contribution is -2.08. The van der Waals surface area contributed by atoms with E-state index in [0.29, 0.717) is 5.25 Å². The number of anilines is 2. The molecule has 0 radical (unpaired) electrons. The summed E-state index contributed by atoms with van der Waals surface area (Å²) in [4.78, 5) is 0. The summed E-state index contributed by atoms with van der Waals surface area (Å²) in [5, 5.41) is 3.77. The highest BCUT2D eigenvalue weighted by Gasteiger charge is 2.13. The largest absolute Gasteiger partial charge is 0.397 e. The molecule has 0 saturated heterocycles. The lowest BCUT2D eigenvalue weighted by Gasteiger charge is -2.18. The predicted molar refractivity (Wildman–Crippen MR) is 107 cm³/mol. The van der Waals surface area contributed by atoms with Gasteiger partial charge in [-0.2, -0.15) is 0 Å². The summed E-state index contributed by atoms with van der Waals surface area (Å²) in [6, 6.07) is 29.3. The van der Waals surface area contributed by atoms with Gasteiger partial charge >= 0.3 is 0 Å². The van der Waals surface area contributed by atoms with E-state index in [9.17, 15) is 0 Å². The molecule has 3 rings (SSSR count). The molecular weight excluding hydrogens is 312 g/mol. The van der Waals surface area contributed by atoms with Gasteiger partial charge in [-0.25, -0.2) is 0 Å². The molecule has 3 heteroatoms. The van der Waals surface area contributed by atoms with E-state index in [0.717, 1.165) is 23.7 Å². The van der Waals surface area contributed by atoms with E-state index in [1.54, 1.807) is 0 Å². The molecule has 0 fully saturated rings. The first-order chi connectivity index (χ1) is 11.8. The van der Waals surface area contributed by atoms with Gasteiger partial charge in [0.05, 0.1) is 16.6 Å². The number of rotatable bonds is 7. The van der Waals surface area contributed by atoms with Crippen molar-refractivity contribution >= 4 is 23.1 Å². The molecule has 3 aromatic rings. The van der Waals surface area contributed by atoms with Crippen LogP contribution in [-0.2, 0) is 0 Å². The predicted octanol–water partition coefficient (Wildman–Crippen LogP) is 5.20. The summed E-state index contributed by atoms with van der Waals surface area (Å²) in [5.74, 6) is 1.00. The molecule has 0 spiro atoms. The maximum Gasteiger partial charge on any atom is 0.0574 e. The minimum atomic E-state index is 0.349. The Morgan fingerprint density at radius 2 is 1.29 bits per heavy atom. The van der Waals surface area contributed by atoms with Crippen LogP contribution in [-0.4, -0.2) is 12.3 Å². The van der Waals surface area contributed by atoms with Crippen LogP contribution in [0.4, 0.5) is 11.4 Å². The second kappa shape index (κ2) is 8.46. The molecule has 0 bridgehead atoms. The Bertz CT molecular complexity index is 705. The van der Waals surface area contributed by atoms with E-state index in [4.69, 9.17) is 5.73 Å². The van der Waals surface area contributed by atoms with E-state index >= 15 is 0 Å². The molecule has 122 valence electrons. The maximum atomic E-state index is 5.98. The number of nitrogens with one attached hydrogen (secondary N) is 1. The first kappa shape index (κ1) is 16.5. The third kappa shape index (κ3) is 4.33. The fourth-order valence-electron chi connectivity index (χ4n) is 2.66. The van der Waals surface area contributed by atoms with E-state index in [2.05, 4.69) is 66.0 Å². The van der Waals surface area contributed by atoms with Gasteiger partial charge in [-0.05, 0) is 23.3 Å². The summed E-state index contributed by atoms with van der Waals surface area (Å²) < 4.78 is 0. The van der Waals surface area contributed by atoms with E-state index < -0.39 is 0 Å². The Morgan fingerprint density at radius 3 is 1.88 bits per heavy atom. The fourth-order valence-corrected chi connectivity index (χ4v) is 3.82. The van der Waals surface area contributed by atoms with Crippen LogP contribution in [0.3, 0.4) is 0 Å². The second-order valence-electron chi connectivity index (χ2n) is 5.59. The Balaban J connectivity index is 1.64. The molecule has 0 aliphatic heterocycles. The number of nitrogens with two attached hydrogens (primary N) is 1. The molecule has 0 saturated carbocycles. The van der Waals surface area contributed by atoms with Crippen LogP contribution in [0, 0.1) is 0 Å². The zero-order valence-electron chi connectivity index (χ0n) is 13.6. The summed E-state index contributed by atoms with van der Waals surface area (Å²) in [6.07, 6.45) is 0. The molecule has 3 aromatic carbocycles. The maximum absolute atomic E-state index is 5.98. The minimum absolute atomic E-state index is 0.349. The molecule has 0 aromatic heterocycles. The third-order valence-electron chi connectivity index (χ3n) is 3.87. The lowest BCUT2D eigenvalue weighted by molar-refractivity contribution is 1.14. The Morgan fingerprint density at radius 1 is 0.750 bits per heavy atom. The molecule has 2 nitrogen and oxygen atoms in total. The van der Waals surface area contributed by atoms with Crippen molar-refractivity contribution in [2.45, 2.75) is 5.25 Å². The van der Waals surface area contributed by atoms with Crippen molar-refractivity contribution in [2.24, 2.45) is 0 Å². The average Bonchev–Trinajstić information content (AvgIpc) is 2.64. The Kier molecular flexibility index (Phi) is 5.80. The van der Waals surface area contributed by atoms with E-state index in [1.165, 1.54) is 11.1 Å². The van der Waals surface area contributed by atoms with Crippen LogP contribution in [0.15, 0.2) is 84.9 Å². The van der Waals surface area contributed by atoms with Crippen molar-refractivity contribution in [1.82, 2.24) is 0 Å². The molecule has 0 atom stereocenters. The number of para-hydroxylation sites is 2. The summed E-state index contributed by atoms with van der Waals surface area (Å²) in [6.45, 7) is 0.884. The van der Waals surface area contributed by atoms with E-state index in [1.807, 2.05) is 36.0 Å². The number of hydrogen-bond acceptors (Lipinski definition) is 3. The fraction of sp³-hybridized carbons (Fsp3) is 0.143. The van der Waals surface area contributed by atoms with E-state index in [-0.39, 0.29) is 0 Å². The van der Waals surface area contributed by atoms with Crippen LogP contribution >= 0.6 is 11.8 Å². The first-order valence-electron chi connectivity index (χ1n) is 8.14. The minimum Gasteiger partial charge on any atom is -0.397 e. The number of thioether (sulfide) groups is 1. The quantitative estimate of drug-likeness (QED) is 0.460. The van der Waals surface area contributed by atoms with Gasteiger partial charge in [0.1, 0.15) is 0 Å². The smallest absolute Gasteiger partial charge is 0.0574 e. The van der Waals surface area contributed by atoms with Crippen LogP contribution in [0.2, 0.25) is 0 Å². The van der Waals surface area contributed by atoms with Gasteiger partial charge in [0, 0.05) is 12.3 Å². The van der Waals surface area contributed by atoms with Gasteiger partial charge in [-0.15, -0.1) is 11.8 Å². The van der Waals surface area contributed by atoms with Crippen LogP contribution in [0.5, 0.6) is 0 Å². The zero-order valence-corrected chi connectivity index (χ0v) is 14.4. The van der Waals surface area contributed by atoms with Crippen molar-refractivity contribution in [2.75, 3.05) is 23.3 Å². The molecule has 0 aliphatic carbocycles. The van der Waals surface area contributed by atoms with Crippen molar-refractivity contribution in [1.29, 1.82) is 0 Å². The molecule has 3 N–H and O–H groups in total. The van der Waals surface area contributed by atoms with Crippen LogP contribution < -0.4 is 11.1 Å². The Hall–Kier alpha value is -2.39. The molecule has 0 unspecified atom stereocenters.